The summed E-state index contributed by atoms with van der Waals surface area (Å²) in [6, 6.07) is 5.69. The van der Waals surface area contributed by atoms with Gasteiger partial charge >= 0.3 is 6.18 Å². The van der Waals surface area contributed by atoms with E-state index in [1.807, 2.05) is 0 Å². The van der Waals surface area contributed by atoms with Gasteiger partial charge in [0.05, 0.1) is 16.8 Å². The SMILES string of the molecule is Cc1nc(N)ncc1C(=O)N1CCCC(CCc2ccccc2C(F)(F)F)C1. The van der Waals surface area contributed by atoms with E-state index in [1.54, 1.807) is 17.9 Å². The molecule has 2 aromatic rings. The second kappa shape index (κ2) is 8.16. The number of nitrogens with zero attached hydrogens (tertiary/aromatic N) is 3. The summed E-state index contributed by atoms with van der Waals surface area (Å²) < 4.78 is 39.5. The number of halogens is 3. The van der Waals surface area contributed by atoms with Crippen LogP contribution in [0.5, 0.6) is 0 Å². The Hall–Kier alpha value is -2.64. The van der Waals surface area contributed by atoms with Crippen LogP contribution in [0.15, 0.2) is 30.5 Å². The standard InChI is InChI=1S/C20H23F3N4O/c1-13-16(11-25-19(24)26-13)18(28)27-10-4-5-14(12-27)8-9-15-6-2-3-7-17(15)20(21,22)23/h2-3,6-7,11,14H,4-5,8-10,12H2,1H3,(H2,24,25,26). The molecular weight excluding hydrogens is 369 g/mol. The minimum Gasteiger partial charge on any atom is -0.368 e. The highest BCUT2D eigenvalue weighted by molar-refractivity contribution is 5.95. The molecule has 1 saturated heterocycles. The summed E-state index contributed by atoms with van der Waals surface area (Å²) in [5.41, 5.74) is 6.21. The summed E-state index contributed by atoms with van der Waals surface area (Å²) in [6.07, 6.45) is -0.247. The maximum atomic E-state index is 13.2. The molecule has 1 aromatic heterocycles. The summed E-state index contributed by atoms with van der Waals surface area (Å²) in [5.74, 6) is 0.126. The Morgan fingerprint density at radius 1 is 1.32 bits per heavy atom. The van der Waals surface area contributed by atoms with Crippen molar-refractivity contribution in [3.8, 4) is 0 Å². The van der Waals surface area contributed by atoms with Gasteiger partial charge in [-0.1, -0.05) is 18.2 Å². The van der Waals surface area contributed by atoms with Crippen molar-refractivity contribution in [3.05, 3.63) is 52.8 Å². The van der Waals surface area contributed by atoms with Crippen molar-refractivity contribution in [2.75, 3.05) is 18.8 Å². The number of carbonyl (C=O) groups excluding carboxylic acids is 1. The molecule has 1 unspecified atom stereocenters. The first-order valence-electron chi connectivity index (χ1n) is 9.29. The highest BCUT2D eigenvalue weighted by Crippen LogP contribution is 2.33. The van der Waals surface area contributed by atoms with E-state index in [9.17, 15) is 18.0 Å². The molecule has 1 fully saturated rings. The van der Waals surface area contributed by atoms with Crippen molar-refractivity contribution in [1.82, 2.24) is 14.9 Å². The van der Waals surface area contributed by atoms with E-state index in [4.69, 9.17) is 5.73 Å². The largest absolute Gasteiger partial charge is 0.416 e. The molecule has 1 aliphatic heterocycles. The number of anilines is 1. The molecule has 0 radical (unpaired) electrons. The van der Waals surface area contributed by atoms with Crippen molar-refractivity contribution in [2.24, 2.45) is 5.92 Å². The predicted octanol–water partition coefficient (Wildman–Crippen LogP) is 3.87. The zero-order chi connectivity index (χ0) is 20.3. The van der Waals surface area contributed by atoms with Crippen molar-refractivity contribution in [2.45, 2.75) is 38.8 Å². The molecule has 1 aliphatic rings. The molecule has 0 bridgehead atoms. The third-order valence-electron chi connectivity index (χ3n) is 5.18. The van der Waals surface area contributed by atoms with Crippen LogP contribution in [-0.4, -0.2) is 33.9 Å². The van der Waals surface area contributed by atoms with Crippen LogP contribution in [0.4, 0.5) is 19.1 Å². The Balaban J connectivity index is 1.65. The monoisotopic (exact) mass is 392 g/mol. The van der Waals surface area contributed by atoms with Crippen LogP contribution in [0.25, 0.3) is 0 Å². The summed E-state index contributed by atoms with van der Waals surface area (Å²) in [5, 5.41) is 0. The number of piperidine rings is 1. The number of benzene rings is 1. The molecule has 3 rings (SSSR count). The van der Waals surface area contributed by atoms with Gasteiger partial charge in [0.25, 0.3) is 5.91 Å². The Morgan fingerprint density at radius 3 is 2.79 bits per heavy atom. The fourth-order valence-corrected chi connectivity index (χ4v) is 3.72. The van der Waals surface area contributed by atoms with E-state index < -0.39 is 11.7 Å². The van der Waals surface area contributed by atoms with Crippen LogP contribution in [0.1, 0.15) is 46.4 Å². The summed E-state index contributed by atoms with van der Waals surface area (Å²) in [6.45, 7) is 2.86. The van der Waals surface area contributed by atoms with Crippen molar-refractivity contribution in [1.29, 1.82) is 0 Å². The lowest BCUT2D eigenvalue weighted by Crippen LogP contribution is -2.40. The van der Waals surface area contributed by atoms with Crippen molar-refractivity contribution >= 4 is 11.9 Å². The van der Waals surface area contributed by atoms with Gasteiger partial charge in [-0.3, -0.25) is 4.79 Å². The van der Waals surface area contributed by atoms with Crippen LogP contribution in [0.2, 0.25) is 0 Å². The Labute approximate surface area is 161 Å². The van der Waals surface area contributed by atoms with E-state index >= 15 is 0 Å². The van der Waals surface area contributed by atoms with Crippen LogP contribution in [-0.2, 0) is 12.6 Å². The molecule has 0 saturated carbocycles. The zero-order valence-corrected chi connectivity index (χ0v) is 15.7. The number of carbonyl (C=O) groups is 1. The fourth-order valence-electron chi connectivity index (χ4n) is 3.72. The molecule has 0 spiro atoms. The number of rotatable bonds is 4. The molecular formula is C20H23F3N4O. The van der Waals surface area contributed by atoms with Gasteiger partial charge in [-0.2, -0.15) is 13.2 Å². The zero-order valence-electron chi connectivity index (χ0n) is 15.7. The van der Waals surface area contributed by atoms with Gasteiger partial charge in [-0.25, -0.2) is 9.97 Å². The lowest BCUT2D eigenvalue weighted by molar-refractivity contribution is -0.138. The summed E-state index contributed by atoms with van der Waals surface area (Å²) in [4.78, 5) is 22.5. The molecule has 2 N–H and O–H groups in total. The molecule has 5 nitrogen and oxygen atoms in total. The number of nitrogen functional groups attached to an aromatic ring is 1. The Morgan fingerprint density at radius 2 is 2.07 bits per heavy atom. The number of hydrogen-bond donors (Lipinski definition) is 1. The first-order chi connectivity index (χ1) is 13.3. The molecule has 28 heavy (non-hydrogen) atoms. The van der Waals surface area contributed by atoms with Gasteiger partial charge in [0, 0.05) is 19.3 Å². The lowest BCUT2D eigenvalue weighted by atomic mass is 9.90. The lowest BCUT2D eigenvalue weighted by Gasteiger charge is -2.33. The summed E-state index contributed by atoms with van der Waals surface area (Å²) >= 11 is 0. The average Bonchev–Trinajstić information content (AvgIpc) is 2.66. The number of nitrogens with two attached hydrogens (primary N) is 1. The van der Waals surface area contributed by atoms with Crippen LogP contribution >= 0.6 is 0 Å². The van der Waals surface area contributed by atoms with Crippen LogP contribution in [0, 0.1) is 12.8 Å². The molecule has 150 valence electrons. The molecule has 2 heterocycles. The average molecular weight is 392 g/mol. The van der Waals surface area contributed by atoms with Crippen LogP contribution in [0.3, 0.4) is 0 Å². The third kappa shape index (κ3) is 4.61. The molecule has 1 amide bonds. The maximum Gasteiger partial charge on any atom is 0.416 e. The number of aryl methyl sites for hydroxylation is 2. The smallest absolute Gasteiger partial charge is 0.368 e. The minimum absolute atomic E-state index is 0.119. The molecule has 1 aromatic carbocycles. The van der Waals surface area contributed by atoms with Gasteiger partial charge < -0.3 is 10.6 Å². The van der Waals surface area contributed by atoms with Crippen molar-refractivity contribution in [3.63, 3.8) is 0 Å². The van der Waals surface area contributed by atoms with Gasteiger partial charge in [0.2, 0.25) is 5.95 Å². The van der Waals surface area contributed by atoms with Crippen LogP contribution < -0.4 is 5.73 Å². The second-order valence-corrected chi connectivity index (χ2v) is 7.18. The topological polar surface area (TPSA) is 72.1 Å². The fraction of sp³-hybridized carbons (Fsp3) is 0.450. The number of likely N-dealkylation sites (tertiary alicyclic amines) is 1. The first kappa shape index (κ1) is 20.1. The maximum absolute atomic E-state index is 13.2. The Bertz CT molecular complexity index is 854. The number of hydrogen-bond acceptors (Lipinski definition) is 4. The van der Waals surface area contributed by atoms with Crippen molar-refractivity contribution < 1.29 is 18.0 Å². The van der Waals surface area contributed by atoms with E-state index in [-0.39, 0.29) is 17.8 Å². The number of amides is 1. The molecule has 0 aliphatic carbocycles. The summed E-state index contributed by atoms with van der Waals surface area (Å²) in [7, 11) is 0. The highest BCUT2D eigenvalue weighted by Gasteiger charge is 2.33. The van der Waals surface area contributed by atoms with Gasteiger partial charge in [0.1, 0.15) is 0 Å². The second-order valence-electron chi connectivity index (χ2n) is 7.18. The predicted molar refractivity (Wildman–Crippen MR) is 99.6 cm³/mol. The highest BCUT2D eigenvalue weighted by atomic mass is 19.4. The van der Waals surface area contributed by atoms with Gasteiger partial charge in [-0.05, 0) is 50.2 Å². The van der Waals surface area contributed by atoms with E-state index in [2.05, 4.69) is 9.97 Å². The molecule has 1 atom stereocenters. The normalized spacial score (nSPS) is 17.6. The van der Waals surface area contributed by atoms with Gasteiger partial charge in [0.15, 0.2) is 0 Å². The van der Waals surface area contributed by atoms with E-state index in [0.29, 0.717) is 42.8 Å². The minimum atomic E-state index is -4.35. The third-order valence-corrected chi connectivity index (χ3v) is 5.18. The quantitative estimate of drug-likeness (QED) is 0.857. The van der Waals surface area contributed by atoms with E-state index in [0.717, 1.165) is 18.9 Å². The Kier molecular flexibility index (Phi) is 5.86. The van der Waals surface area contributed by atoms with E-state index in [1.165, 1.54) is 18.3 Å². The van der Waals surface area contributed by atoms with Gasteiger partial charge in [-0.15, -0.1) is 0 Å². The molecule has 8 heteroatoms. The number of alkyl halides is 3. The number of aromatic nitrogens is 2. The first-order valence-corrected chi connectivity index (χ1v) is 9.29.